The number of ether oxygens (including phenoxy) is 1. The molecule has 1 unspecified atom stereocenters. The van der Waals surface area contributed by atoms with Crippen LogP contribution in [0.3, 0.4) is 0 Å². The quantitative estimate of drug-likeness (QED) is 0.128. The number of aromatic nitrogens is 1. The number of allylic oxidation sites excluding steroid dienone is 1. The number of carbonyl (C=O) groups is 2. The van der Waals surface area contributed by atoms with Crippen LogP contribution in [0.1, 0.15) is 47.3 Å². The molecule has 0 saturated heterocycles. The molecule has 1 aromatic carbocycles. The molecule has 12 heteroatoms. The van der Waals surface area contributed by atoms with Crippen LogP contribution in [-0.4, -0.2) is 28.3 Å². The molecule has 1 aromatic heterocycles. The summed E-state index contributed by atoms with van der Waals surface area (Å²) < 4.78 is 86.4. The molecule has 0 fully saturated rings. The number of hydrogen-bond acceptors (Lipinski definition) is 4. The van der Waals surface area contributed by atoms with Crippen LogP contribution in [0.15, 0.2) is 49.1 Å². The van der Waals surface area contributed by atoms with Crippen molar-refractivity contribution in [1.82, 2.24) is 4.98 Å². The largest absolute Gasteiger partial charge is 0.424 e. The number of carbonyl (C=O) groups excluding carboxylic acids is 2. The summed E-state index contributed by atoms with van der Waals surface area (Å²) in [5.41, 5.74) is -4.91. The number of nitrogens with zero attached hydrogens (tertiary/aromatic N) is 1. The van der Waals surface area contributed by atoms with Gasteiger partial charge in [0.05, 0.1) is 17.2 Å². The van der Waals surface area contributed by atoms with Gasteiger partial charge in [0.1, 0.15) is 10.8 Å². The van der Waals surface area contributed by atoms with Crippen molar-refractivity contribution in [1.29, 1.82) is 0 Å². The summed E-state index contributed by atoms with van der Waals surface area (Å²) in [4.78, 5) is 28.7. The summed E-state index contributed by atoms with van der Waals surface area (Å²) in [5.74, 6) is -2.48. The Morgan fingerprint density at radius 1 is 1.03 bits per heavy atom. The number of pyridine rings is 1. The van der Waals surface area contributed by atoms with Crippen molar-refractivity contribution in [2.24, 2.45) is 0 Å². The Morgan fingerprint density at radius 3 is 2.20 bits per heavy atom. The zero-order chi connectivity index (χ0) is 26.4. The minimum Gasteiger partial charge on any atom is -0.354 e. The van der Waals surface area contributed by atoms with E-state index in [0.29, 0.717) is 11.6 Å². The zero-order valence-electron chi connectivity index (χ0n) is 18.0. The maximum Gasteiger partial charge on any atom is 0.424 e. The highest BCUT2D eigenvalue weighted by Gasteiger charge is 2.60. The number of ketones is 2. The summed E-state index contributed by atoms with van der Waals surface area (Å²) in [5, 5.41) is -1.76. The van der Waals surface area contributed by atoms with E-state index in [4.69, 9.17) is 27.9 Å². The summed E-state index contributed by atoms with van der Waals surface area (Å²) in [6.45, 7) is 2.85. The topological polar surface area (TPSA) is 56.3 Å². The van der Waals surface area contributed by atoms with Gasteiger partial charge in [-0.1, -0.05) is 59.6 Å². The third kappa shape index (κ3) is 7.05. The van der Waals surface area contributed by atoms with Crippen molar-refractivity contribution in [3.05, 3.63) is 76.0 Å². The minimum atomic E-state index is -5.13. The lowest BCUT2D eigenvalue weighted by Gasteiger charge is -2.34. The summed E-state index contributed by atoms with van der Waals surface area (Å²) in [7, 11) is 0. The fourth-order valence-electron chi connectivity index (χ4n) is 3.17. The normalized spacial score (nSPS) is 13.8. The van der Waals surface area contributed by atoms with Crippen molar-refractivity contribution in [3.63, 3.8) is 0 Å². The monoisotopic (exact) mass is 541 g/mol. The van der Waals surface area contributed by atoms with Gasteiger partial charge >= 0.3 is 12.4 Å². The van der Waals surface area contributed by atoms with E-state index in [0.717, 1.165) is 0 Å². The molecule has 35 heavy (non-hydrogen) atoms. The highest BCUT2D eigenvalue weighted by Crippen LogP contribution is 2.41. The van der Waals surface area contributed by atoms with Gasteiger partial charge in [-0.25, -0.2) is 4.98 Å². The van der Waals surface area contributed by atoms with Crippen LogP contribution in [0, 0.1) is 0 Å². The van der Waals surface area contributed by atoms with Crippen LogP contribution >= 0.6 is 23.2 Å². The van der Waals surface area contributed by atoms with Crippen molar-refractivity contribution < 1.29 is 40.7 Å². The number of rotatable bonds is 11. The lowest BCUT2D eigenvalue weighted by atomic mass is 9.88. The van der Waals surface area contributed by atoms with Gasteiger partial charge in [-0.05, 0) is 24.5 Å². The van der Waals surface area contributed by atoms with Crippen molar-refractivity contribution >= 4 is 34.8 Å². The van der Waals surface area contributed by atoms with E-state index >= 15 is 0 Å². The zero-order valence-corrected chi connectivity index (χ0v) is 19.5. The van der Waals surface area contributed by atoms with E-state index in [-0.39, 0.29) is 6.42 Å². The van der Waals surface area contributed by atoms with Gasteiger partial charge in [0.2, 0.25) is 5.60 Å². The molecule has 0 bridgehead atoms. The van der Waals surface area contributed by atoms with Gasteiger partial charge < -0.3 is 4.74 Å². The molecule has 0 amide bonds. The predicted octanol–water partition coefficient (Wildman–Crippen LogP) is 7.42. The van der Waals surface area contributed by atoms with E-state index in [1.165, 1.54) is 18.2 Å². The third-order valence-corrected chi connectivity index (χ3v) is 5.59. The van der Waals surface area contributed by atoms with Gasteiger partial charge in [-0.15, -0.1) is 6.58 Å². The van der Waals surface area contributed by atoms with Crippen LogP contribution in [0.2, 0.25) is 10.2 Å². The van der Waals surface area contributed by atoms with Crippen LogP contribution in [-0.2, 0) is 22.3 Å². The summed E-state index contributed by atoms with van der Waals surface area (Å²) in [6, 6.07) is 8.25. The first-order chi connectivity index (χ1) is 16.2. The Kier molecular flexibility index (Phi) is 9.49. The molecule has 1 heterocycles. The van der Waals surface area contributed by atoms with Crippen LogP contribution < -0.4 is 0 Å². The lowest BCUT2D eigenvalue weighted by molar-refractivity contribution is -0.271. The molecule has 0 N–H and O–H groups in total. The molecule has 2 aromatic rings. The SMILES string of the molecule is C=CCCC(OCc1ccccc1)(C(=O)CCC(=O)c1nc(Cl)c(C(F)(F)F)cc1Cl)C(F)(F)F. The number of benzene rings is 1. The van der Waals surface area contributed by atoms with E-state index in [9.17, 15) is 35.9 Å². The Labute approximate surface area is 206 Å². The second-order valence-corrected chi connectivity index (χ2v) is 8.19. The van der Waals surface area contributed by atoms with Gasteiger partial charge in [0.25, 0.3) is 0 Å². The first-order valence-electron chi connectivity index (χ1n) is 10.1. The Morgan fingerprint density at radius 2 is 1.66 bits per heavy atom. The van der Waals surface area contributed by atoms with Gasteiger partial charge in [-0.3, -0.25) is 9.59 Å². The third-order valence-electron chi connectivity index (χ3n) is 5.02. The average Bonchev–Trinajstić information content (AvgIpc) is 2.77. The molecule has 0 spiro atoms. The van der Waals surface area contributed by atoms with Crippen molar-refractivity contribution in [2.45, 2.75) is 50.2 Å². The summed E-state index contributed by atoms with van der Waals surface area (Å²) in [6.07, 6.45) is -11.5. The molecule has 0 aliphatic carbocycles. The molecule has 0 aliphatic heterocycles. The Bertz CT molecular complexity index is 1070. The Balaban J connectivity index is 2.28. The fourth-order valence-corrected chi connectivity index (χ4v) is 3.67. The second kappa shape index (κ2) is 11.5. The summed E-state index contributed by atoms with van der Waals surface area (Å²) >= 11 is 11.2. The number of alkyl halides is 6. The highest BCUT2D eigenvalue weighted by atomic mass is 35.5. The average molecular weight is 542 g/mol. The standard InChI is InChI=1S/C23H19Cl2F6NO3/c1-2-3-11-21(23(29,30)31,35-13-14-7-5-4-6-8-14)18(34)10-9-17(33)19-16(24)12-15(20(25)32-19)22(26,27)28/h2,4-8,12H,1,3,9-11,13H2. The highest BCUT2D eigenvalue weighted by molar-refractivity contribution is 6.35. The number of halogens is 8. The molecule has 0 saturated carbocycles. The van der Waals surface area contributed by atoms with Crippen LogP contribution in [0.5, 0.6) is 0 Å². The molecular weight excluding hydrogens is 523 g/mol. The second-order valence-electron chi connectivity index (χ2n) is 7.43. The molecular formula is C23H19Cl2F6NO3. The Hall–Kier alpha value is -2.43. The van der Waals surface area contributed by atoms with E-state index in [1.807, 2.05) is 0 Å². The van der Waals surface area contributed by atoms with Gasteiger partial charge in [-0.2, -0.15) is 26.3 Å². The fraction of sp³-hybridized carbons (Fsp3) is 0.348. The first-order valence-corrected chi connectivity index (χ1v) is 10.8. The van der Waals surface area contributed by atoms with Gasteiger partial charge in [0, 0.05) is 12.8 Å². The minimum absolute atomic E-state index is 0.212. The molecule has 1 atom stereocenters. The van der Waals surface area contributed by atoms with E-state index in [2.05, 4.69) is 11.6 Å². The van der Waals surface area contributed by atoms with E-state index < -0.39 is 76.8 Å². The lowest BCUT2D eigenvalue weighted by Crippen LogP contribution is -2.54. The predicted molar refractivity (Wildman–Crippen MR) is 117 cm³/mol. The molecule has 0 aliphatic rings. The smallest absolute Gasteiger partial charge is 0.354 e. The van der Waals surface area contributed by atoms with Crippen LogP contribution in [0.25, 0.3) is 0 Å². The molecule has 4 nitrogen and oxygen atoms in total. The molecule has 2 rings (SSSR count). The molecule has 190 valence electrons. The van der Waals surface area contributed by atoms with Crippen molar-refractivity contribution in [2.75, 3.05) is 0 Å². The maximum absolute atomic E-state index is 14.1. The van der Waals surface area contributed by atoms with Crippen LogP contribution in [0.4, 0.5) is 26.3 Å². The first kappa shape index (κ1) is 28.8. The molecule has 0 radical (unpaired) electrons. The number of Topliss-reactive ketones (excluding diaryl/α,β-unsaturated/α-hetero) is 2. The maximum atomic E-state index is 14.1. The van der Waals surface area contributed by atoms with Crippen molar-refractivity contribution in [3.8, 4) is 0 Å². The number of hydrogen-bond donors (Lipinski definition) is 0. The van der Waals surface area contributed by atoms with E-state index in [1.54, 1.807) is 18.2 Å². The van der Waals surface area contributed by atoms with Gasteiger partial charge in [0.15, 0.2) is 11.6 Å².